The Morgan fingerprint density at radius 2 is 1.96 bits per heavy atom. The number of hydrogen-bond acceptors (Lipinski definition) is 4. The van der Waals surface area contributed by atoms with E-state index < -0.39 is 0 Å². The van der Waals surface area contributed by atoms with E-state index in [1.54, 1.807) is 14.2 Å². The third kappa shape index (κ3) is 9.11. The van der Waals surface area contributed by atoms with Gasteiger partial charge in [-0.3, -0.25) is 4.99 Å². The second kappa shape index (κ2) is 13.4. The number of rotatable bonds is 11. The van der Waals surface area contributed by atoms with Gasteiger partial charge in [-0.25, -0.2) is 0 Å². The topological polar surface area (TPSA) is 64.1 Å². The van der Waals surface area contributed by atoms with E-state index in [1.165, 1.54) is 37.7 Å². The Kier molecular flexibility index (Phi) is 10.7. The van der Waals surface area contributed by atoms with Crippen molar-refractivity contribution in [3.05, 3.63) is 29.8 Å². The summed E-state index contributed by atoms with van der Waals surface area (Å²) in [6, 6.07) is 8.34. The molecular weight excluding hydrogens is 342 g/mol. The lowest BCUT2D eigenvalue weighted by molar-refractivity contribution is 0.0698. The van der Waals surface area contributed by atoms with Crippen LogP contribution in [0.2, 0.25) is 0 Å². The summed E-state index contributed by atoms with van der Waals surface area (Å²) in [6.45, 7) is 3.53. The molecule has 1 aromatic rings. The molecule has 6 heteroatoms. The van der Waals surface area contributed by atoms with Crippen molar-refractivity contribution in [2.45, 2.75) is 51.2 Å². The molecule has 1 aliphatic rings. The van der Waals surface area contributed by atoms with Crippen LogP contribution in [-0.4, -0.2) is 52.6 Å². The van der Waals surface area contributed by atoms with Crippen LogP contribution in [0.25, 0.3) is 0 Å². The molecule has 0 aliphatic heterocycles. The number of hydrogen-bond donors (Lipinski definition) is 2. The zero-order valence-electron chi connectivity index (χ0n) is 16.8. The molecule has 27 heavy (non-hydrogen) atoms. The van der Waals surface area contributed by atoms with E-state index in [9.17, 15) is 0 Å². The van der Waals surface area contributed by atoms with Crippen molar-refractivity contribution in [3.63, 3.8) is 0 Å². The lowest BCUT2D eigenvalue weighted by atomic mass is 9.98. The largest absolute Gasteiger partial charge is 0.490 e. The van der Waals surface area contributed by atoms with E-state index in [0.29, 0.717) is 32.5 Å². The highest BCUT2D eigenvalue weighted by molar-refractivity contribution is 5.79. The molecule has 0 amide bonds. The van der Waals surface area contributed by atoms with Gasteiger partial charge in [-0.1, -0.05) is 18.6 Å². The lowest BCUT2D eigenvalue weighted by Gasteiger charge is -2.23. The molecule has 6 nitrogen and oxygen atoms in total. The summed E-state index contributed by atoms with van der Waals surface area (Å²) in [7, 11) is 3.46. The van der Waals surface area contributed by atoms with Crippen LogP contribution < -0.4 is 15.4 Å². The average molecular weight is 378 g/mol. The van der Waals surface area contributed by atoms with Gasteiger partial charge in [0.2, 0.25) is 0 Å². The van der Waals surface area contributed by atoms with Gasteiger partial charge in [0.15, 0.2) is 5.96 Å². The Bertz CT molecular complexity index is 545. The van der Waals surface area contributed by atoms with Gasteiger partial charge >= 0.3 is 0 Å². The number of nitrogens with zero attached hydrogens (tertiary/aromatic N) is 1. The van der Waals surface area contributed by atoms with Gasteiger partial charge in [-0.2, -0.15) is 0 Å². The summed E-state index contributed by atoms with van der Waals surface area (Å²) in [5, 5.41) is 6.66. The Balaban J connectivity index is 1.67. The standard InChI is InChI=1S/C21H35N3O3/c1-22-21(23-12-7-13-26-15-14-25-2)24-17-18-8-6-11-20(16-18)27-19-9-4-3-5-10-19/h6,8,11,16,19H,3-5,7,9-10,12-15,17H2,1-2H3,(H2,22,23,24). The zero-order chi connectivity index (χ0) is 19.2. The van der Waals surface area contributed by atoms with Gasteiger partial charge in [0, 0.05) is 33.9 Å². The molecule has 1 aliphatic carbocycles. The number of nitrogens with one attached hydrogen (secondary N) is 2. The van der Waals surface area contributed by atoms with Crippen LogP contribution in [0.1, 0.15) is 44.1 Å². The summed E-state index contributed by atoms with van der Waals surface area (Å²) in [5.41, 5.74) is 1.19. The first-order chi connectivity index (χ1) is 13.3. The molecule has 0 saturated heterocycles. The average Bonchev–Trinajstić information content (AvgIpc) is 2.70. The predicted octanol–water partition coefficient (Wildman–Crippen LogP) is 3.12. The molecule has 0 atom stereocenters. The highest BCUT2D eigenvalue weighted by Gasteiger charge is 2.14. The Labute approximate surface area is 163 Å². The van der Waals surface area contributed by atoms with Crippen molar-refractivity contribution in [2.24, 2.45) is 4.99 Å². The molecule has 1 saturated carbocycles. The smallest absolute Gasteiger partial charge is 0.191 e. The SMILES string of the molecule is CN=C(NCCCOCCOC)NCc1cccc(OC2CCCCC2)c1. The maximum absolute atomic E-state index is 6.15. The fraction of sp³-hybridized carbons (Fsp3) is 0.667. The first kappa shape index (κ1) is 21.5. The fourth-order valence-corrected chi connectivity index (χ4v) is 3.14. The second-order valence-electron chi connectivity index (χ2n) is 6.84. The Morgan fingerprint density at radius 1 is 1.11 bits per heavy atom. The normalized spacial score (nSPS) is 15.6. The number of methoxy groups -OCH3 is 1. The minimum atomic E-state index is 0.377. The van der Waals surface area contributed by atoms with Crippen LogP contribution in [0.4, 0.5) is 0 Å². The molecule has 1 aromatic carbocycles. The van der Waals surface area contributed by atoms with E-state index >= 15 is 0 Å². The van der Waals surface area contributed by atoms with E-state index in [-0.39, 0.29) is 0 Å². The van der Waals surface area contributed by atoms with Gasteiger partial charge in [-0.05, 0) is 49.8 Å². The van der Waals surface area contributed by atoms with Gasteiger partial charge in [0.1, 0.15) is 5.75 Å². The maximum Gasteiger partial charge on any atom is 0.191 e. The maximum atomic E-state index is 6.15. The van der Waals surface area contributed by atoms with Gasteiger partial charge in [0.05, 0.1) is 19.3 Å². The van der Waals surface area contributed by atoms with E-state index in [1.807, 2.05) is 0 Å². The highest BCUT2D eigenvalue weighted by Crippen LogP contribution is 2.23. The predicted molar refractivity (Wildman–Crippen MR) is 109 cm³/mol. The van der Waals surface area contributed by atoms with Crippen LogP contribution in [0.3, 0.4) is 0 Å². The molecule has 0 heterocycles. The van der Waals surface area contributed by atoms with Crippen molar-refractivity contribution in [1.82, 2.24) is 10.6 Å². The number of aliphatic imine (C=N–C) groups is 1. The molecule has 0 spiro atoms. The van der Waals surface area contributed by atoms with Crippen LogP contribution >= 0.6 is 0 Å². The number of ether oxygens (including phenoxy) is 3. The van der Waals surface area contributed by atoms with E-state index in [2.05, 4.69) is 39.9 Å². The minimum Gasteiger partial charge on any atom is -0.490 e. The second-order valence-corrected chi connectivity index (χ2v) is 6.84. The molecule has 0 unspecified atom stereocenters. The Hall–Kier alpha value is -1.79. The van der Waals surface area contributed by atoms with E-state index in [0.717, 1.165) is 24.7 Å². The van der Waals surface area contributed by atoms with Gasteiger partial charge < -0.3 is 24.8 Å². The molecule has 1 fully saturated rings. The van der Waals surface area contributed by atoms with Crippen molar-refractivity contribution in [1.29, 1.82) is 0 Å². The van der Waals surface area contributed by atoms with Crippen molar-refractivity contribution < 1.29 is 14.2 Å². The quantitative estimate of drug-likeness (QED) is 0.352. The number of benzene rings is 1. The molecule has 152 valence electrons. The first-order valence-corrected chi connectivity index (χ1v) is 10.1. The molecule has 2 N–H and O–H groups in total. The zero-order valence-corrected chi connectivity index (χ0v) is 16.8. The van der Waals surface area contributed by atoms with Crippen LogP contribution in [0, 0.1) is 0 Å². The Morgan fingerprint density at radius 3 is 2.74 bits per heavy atom. The molecule has 2 rings (SSSR count). The summed E-state index contributed by atoms with van der Waals surface area (Å²) >= 11 is 0. The molecular formula is C21H35N3O3. The third-order valence-corrected chi connectivity index (χ3v) is 4.63. The van der Waals surface area contributed by atoms with Crippen molar-refractivity contribution in [3.8, 4) is 5.75 Å². The lowest BCUT2D eigenvalue weighted by Crippen LogP contribution is -2.37. The first-order valence-electron chi connectivity index (χ1n) is 10.1. The van der Waals surface area contributed by atoms with Crippen molar-refractivity contribution in [2.75, 3.05) is 40.5 Å². The highest BCUT2D eigenvalue weighted by atomic mass is 16.5. The van der Waals surface area contributed by atoms with Crippen LogP contribution in [0.5, 0.6) is 5.75 Å². The number of guanidine groups is 1. The minimum absolute atomic E-state index is 0.377. The summed E-state index contributed by atoms with van der Waals surface area (Å²) in [6.07, 6.45) is 7.56. The molecule has 0 aromatic heterocycles. The van der Waals surface area contributed by atoms with Gasteiger partial charge in [0.25, 0.3) is 0 Å². The summed E-state index contributed by atoms with van der Waals surface area (Å²) < 4.78 is 16.6. The van der Waals surface area contributed by atoms with E-state index in [4.69, 9.17) is 14.2 Å². The fourth-order valence-electron chi connectivity index (χ4n) is 3.14. The van der Waals surface area contributed by atoms with Crippen molar-refractivity contribution >= 4 is 5.96 Å². The monoisotopic (exact) mass is 377 g/mol. The van der Waals surface area contributed by atoms with Gasteiger partial charge in [-0.15, -0.1) is 0 Å². The van der Waals surface area contributed by atoms with Crippen LogP contribution in [-0.2, 0) is 16.0 Å². The molecule has 0 radical (unpaired) electrons. The van der Waals surface area contributed by atoms with Crippen LogP contribution in [0.15, 0.2) is 29.3 Å². The molecule has 0 bridgehead atoms. The summed E-state index contributed by atoms with van der Waals surface area (Å²) in [4.78, 5) is 4.27. The third-order valence-electron chi connectivity index (χ3n) is 4.63. The summed E-state index contributed by atoms with van der Waals surface area (Å²) in [5.74, 6) is 1.77.